The van der Waals surface area contributed by atoms with Crippen LogP contribution in [0.3, 0.4) is 0 Å². The molecular weight excluding hydrogens is 440 g/mol. The normalized spacial score (nSPS) is 17.1. The topological polar surface area (TPSA) is 98.5 Å². The number of aromatic nitrogens is 1. The summed E-state index contributed by atoms with van der Waals surface area (Å²) in [6.07, 6.45) is 6.47. The van der Waals surface area contributed by atoms with Crippen molar-refractivity contribution in [1.29, 1.82) is 5.26 Å². The number of hydrogen-bond donors (Lipinski definition) is 2. The number of benzene rings is 1. The van der Waals surface area contributed by atoms with Crippen LogP contribution in [-0.2, 0) is 27.8 Å². The van der Waals surface area contributed by atoms with Crippen molar-refractivity contribution < 1.29 is 14.6 Å². The van der Waals surface area contributed by atoms with Gasteiger partial charge in [-0.15, -0.1) is 0 Å². The lowest BCUT2D eigenvalue weighted by Gasteiger charge is -2.43. The number of hydrogen-bond acceptors (Lipinski definition) is 6. The summed E-state index contributed by atoms with van der Waals surface area (Å²) in [5.74, 6) is 0.167. The maximum atomic E-state index is 12.2. The minimum Gasteiger partial charge on any atom is -0.480 e. The predicted octanol–water partition coefficient (Wildman–Crippen LogP) is 4.48. The summed E-state index contributed by atoms with van der Waals surface area (Å²) < 4.78 is 6.01. The van der Waals surface area contributed by atoms with Crippen molar-refractivity contribution in [3.05, 3.63) is 58.8 Å². The Morgan fingerprint density at radius 3 is 2.83 bits per heavy atom. The van der Waals surface area contributed by atoms with Crippen molar-refractivity contribution in [3.8, 4) is 6.07 Å². The van der Waals surface area contributed by atoms with E-state index in [1.165, 1.54) is 12.0 Å². The van der Waals surface area contributed by atoms with Crippen LogP contribution < -0.4 is 5.32 Å². The molecule has 1 saturated heterocycles. The third kappa shape index (κ3) is 6.01. The first kappa shape index (κ1) is 25.2. The Morgan fingerprint density at radius 1 is 1.26 bits per heavy atom. The van der Waals surface area contributed by atoms with Gasteiger partial charge in [-0.3, -0.25) is 9.69 Å². The fourth-order valence-corrected chi connectivity index (χ4v) is 4.98. The maximum Gasteiger partial charge on any atom is 0.325 e. The molecule has 7 nitrogen and oxygen atoms in total. The van der Waals surface area contributed by atoms with Crippen LogP contribution in [0.4, 0.5) is 5.82 Å². The molecule has 4 rings (SSSR count). The second-order valence-corrected chi connectivity index (χ2v) is 10.2. The Kier molecular flexibility index (Phi) is 8.04. The Hall–Kier alpha value is -2.95. The molecule has 35 heavy (non-hydrogen) atoms. The molecule has 3 heterocycles. The summed E-state index contributed by atoms with van der Waals surface area (Å²) in [5.41, 5.74) is 3.17. The summed E-state index contributed by atoms with van der Waals surface area (Å²) >= 11 is 0. The number of ether oxygens (including phenoxy) is 1. The summed E-state index contributed by atoms with van der Waals surface area (Å²) in [5, 5.41) is 22.9. The van der Waals surface area contributed by atoms with E-state index in [4.69, 9.17) is 9.72 Å². The van der Waals surface area contributed by atoms with E-state index in [-0.39, 0.29) is 6.10 Å². The fraction of sp³-hybridized carbons (Fsp3) is 0.536. The average Bonchev–Trinajstić information content (AvgIpc) is 2.84. The van der Waals surface area contributed by atoms with Crippen LogP contribution in [0.2, 0.25) is 0 Å². The van der Waals surface area contributed by atoms with E-state index in [9.17, 15) is 15.2 Å². The molecule has 1 atom stereocenters. The largest absolute Gasteiger partial charge is 0.480 e. The monoisotopic (exact) mass is 476 g/mol. The van der Waals surface area contributed by atoms with Crippen LogP contribution >= 0.6 is 0 Å². The van der Waals surface area contributed by atoms with Gasteiger partial charge in [0.1, 0.15) is 11.9 Å². The predicted molar refractivity (Wildman–Crippen MR) is 135 cm³/mol. The van der Waals surface area contributed by atoms with Crippen molar-refractivity contribution in [3.63, 3.8) is 0 Å². The minimum atomic E-state index is -0.893. The molecule has 2 aliphatic heterocycles. The van der Waals surface area contributed by atoms with E-state index in [1.54, 1.807) is 0 Å². The number of carboxylic acid groups (broad SMARTS) is 1. The molecule has 7 heteroatoms. The lowest BCUT2D eigenvalue weighted by Crippen LogP contribution is -2.55. The highest BCUT2D eigenvalue weighted by Crippen LogP contribution is 2.35. The number of unbranched alkanes of at least 4 members (excludes halogenated alkanes) is 2. The zero-order valence-electron chi connectivity index (χ0n) is 20.8. The van der Waals surface area contributed by atoms with Crippen LogP contribution in [0.25, 0.3) is 0 Å². The van der Waals surface area contributed by atoms with Crippen molar-refractivity contribution in [2.45, 2.75) is 69.9 Å². The van der Waals surface area contributed by atoms with Gasteiger partial charge in [-0.2, -0.15) is 5.26 Å². The van der Waals surface area contributed by atoms with Gasteiger partial charge in [0, 0.05) is 31.9 Å². The third-order valence-electron chi connectivity index (χ3n) is 7.07. The summed E-state index contributed by atoms with van der Waals surface area (Å²) in [4.78, 5) is 18.8. The van der Waals surface area contributed by atoms with Crippen LogP contribution in [0, 0.1) is 11.3 Å². The molecule has 2 aliphatic rings. The molecule has 0 saturated carbocycles. The highest BCUT2D eigenvalue weighted by molar-refractivity contribution is 5.76. The number of anilines is 1. The molecule has 1 fully saturated rings. The second kappa shape index (κ2) is 11.2. The fourth-order valence-electron chi connectivity index (χ4n) is 4.98. The molecular formula is C28H36N4O3. The van der Waals surface area contributed by atoms with Crippen LogP contribution in [0.15, 0.2) is 36.4 Å². The van der Waals surface area contributed by atoms with E-state index in [0.29, 0.717) is 25.3 Å². The summed E-state index contributed by atoms with van der Waals surface area (Å²) in [6.45, 7) is 6.52. The van der Waals surface area contributed by atoms with Crippen molar-refractivity contribution >= 4 is 11.8 Å². The van der Waals surface area contributed by atoms with Gasteiger partial charge < -0.3 is 15.2 Å². The molecule has 2 aromatic rings. The number of aliphatic carboxylic acids is 1. The molecule has 186 valence electrons. The van der Waals surface area contributed by atoms with Gasteiger partial charge in [-0.05, 0) is 68.7 Å². The first-order valence-electron chi connectivity index (χ1n) is 12.7. The quantitative estimate of drug-likeness (QED) is 0.461. The first-order chi connectivity index (χ1) is 16.9. The number of rotatable bonds is 11. The summed E-state index contributed by atoms with van der Waals surface area (Å²) in [6, 6.07) is 13.3. The van der Waals surface area contributed by atoms with Gasteiger partial charge in [0.15, 0.2) is 0 Å². The second-order valence-electron chi connectivity index (χ2n) is 10.2. The highest BCUT2D eigenvalue weighted by atomic mass is 16.5. The Morgan fingerprint density at radius 2 is 2.06 bits per heavy atom. The van der Waals surface area contributed by atoms with E-state index in [2.05, 4.69) is 23.5 Å². The lowest BCUT2D eigenvalue weighted by atomic mass is 9.80. The number of pyridine rings is 1. The molecule has 0 amide bonds. The van der Waals surface area contributed by atoms with Gasteiger partial charge in [0.2, 0.25) is 0 Å². The molecule has 0 radical (unpaired) electrons. The number of nitriles is 1. The zero-order valence-corrected chi connectivity index (χ0v) is 20.8. The lowest BCUT2D eigenvalue weighted by molar-refractivity contribution is -0.151. The average molecular weight is 477 g/mol. The van der Waals surface area contributed by atoms with Crippen molar-refractivity contribution in [2.24, 2.45) is 0 Å². The number of aryl methyl sites for hydroxylation is 2. The minimum absolute atomic E-state index is 0.0568. The maximum absolute atomic E-state index is 12.2. The Labute approximate surface area is 208 Å². The van der Waals surface area contributed by atoms with Crippen LogP contribution in [0.1, 0.15) is 68.0 Å². The van der Waals surface area contributed by atoms with Gasteiger partial charge in [-0.1, -0.05) is 36.8 Å². The molecule has 1 aromatic carbocycles. The highest BCUT2D eigenvalue weighted by Gasteiger charge is 2.40. The molecule has 1 unspecified atom stereocenters. The summed E-state index contributed by atoms with van der Waals surface area (Å²) in [7, 11) is 0. The van der Waals surface area contributed by atoms with Gasteiger partial charge in [-0.25, -0.2) is 4.98 Å². The zero-order chi connectivity index (χ0) is 24.8. The van der Waals surface area contributed by atoms with E-state index >= 15 is 0 Å². The SMILES string of the molecule is CC(C)(C#N)c1ccccc1C(C(=O)O)N1CC(OCCCCCc2ccc3c(n2)NCCC3)C1. The van der Waals surface area contributed by atoms with Gasteiger partial charge in [0.25, 0.3) is 0 Å². The number of nitrogens with zero attached hydrogens (tertiary/aromatic N) is 3. The Bertz CT molecular complexity index is 1070. The van der Waals surface area contributed by atoms with Crippen molar-refractivity contribution in [2.75, 3.05) is 31.6 Å². The third-order valence-corrected chi connectivity index (χ3v) is 7.07. The molecule has 1 aromatic heterocycles. The number of fused-ring (bicyclic) bond motifs is 1. The number of carbonyl (C=O) groups is 1. The smallest absolute Gasteiger partial charge is 0.325 e. The molecule has 0 bridgehead atoms. The first-order valence-corrected chi connectivity index (χ1v) is 12.7. The number of carboxylic acids is 1. The van der Waals surface area contributed by atoms with Crippen LogP contribution in [0.5, 0.6) is 0 Å². The molecule has 0 aliphatic carbocycles. The Balaban J connectivity index is 1.20. The van der Waals surface area contributed by atoms with Gasteiger partial charge in [0.05, 0.1) is 17.6 Å². The van der Waals surface area contributed by atoms with Crippen molar-refractivity contribution in [1.82, 2.24) is 9.88 Å². The van der Waals surface area contributed by atoms with E-state index < -0.39 is 17.4 Å². The standard InChI is InChI=1S/C28H36N4O3/c1-28(2,19-29)24-12-6-5-11-23(24)25(27(33)34)32-17-22(18-32)35-16-7-3-4-10-21-14-13-20-9-8-15-30-26(20)31-21/h5-6,11-14,22,25H,3-4,7-10,15-18H2,1-2H3,(H,30,31)(H,33,34). The van der Waals surface area contributed by atoms with Crippen LogP contribution in [-0.4, -0.2) is 53.3 Å². The molecule has 0 spiro atoms. The van der Waals surface area contributed by atoms with E-state index in [0.717, 1.165) is 55.7 Å². The van der Waals surface area contributed by atoms with Gasteiger partial charge >= 0.3 is 5.97 Å². The number of nitrogens with one attached hydrogen (secondary N) is 1. The number of likely N-dealkylation sites (tertiary alicyclic amines) is 1. The molecule has 2 N–H and O–H groups in total. The van der Waals surface area contributed by atoms with E-state index in [1.807, 2.05) is 43.0 Å².